The predicted molar refractivity (Wildman–Crippen MR) is 71.3 cm³/mol. The van der Waals surface area contributed by atoms with Crippen molar-refractivity contribution in [2.45, 2.75) is 25.8 Å². The van der Waals surface area contributed by atoms with Gasteiger partial charge in [0.1, 0.15) is 0 Å². The Morgan fingerprint density at radius 3 is 2.82 bits per heavy atom. The first-order valence-corrected chi connectivity index (χ1v) is 6.23. The number of halogens is 2. The van der Waals surface area contributed by atoms with Crippen LogP contribution >= 0.6 is 23.2 Å². The van der Waals surface area contributed by atoms with Crippen LogP contribution in [0.15, 0.2) is 18.2 Å². The van der Waals surface area contributed by atoms with Crippen molar-refractivity contribution in [1.29, 1.82) is 0 Å². The van der Waals surface area contributed by atoms with Gasteiger partial charge >= 0.3 is 0 Å². The topological polar surface area (TPSA) is 55.1 Å². The normalized spacial score (nSPS) is 12.4. The van der Waals surface area contributed by atoms with Crippen molar-refractivity contribution >= 4 is 29.1 Å². The van der Waals surface area contributed by atoms with Crippen molar-refractivity contribution in [3.8, 4) is 0 Å². The highest BCUT2D eigenvalue weighted by atomic mass is 35.5. The van der Waals surface area contributed by atoms with Crippen LogP contribution in [0.1, 0.15) is 31.4 Å². The van der Waals surface area contributed by atoms with Gasteiger partial charge in [-0.25, -0.2) is 0 Å². The van der Waals surface area contributed by atoms with Gasteiger partial charge in [0, 0.05) is 22.5 Å². The number of nitrogens with one attached hydrogen (secondary N) is 1. The van der Waals surface area contributed by atoms with E-state index in [1.807, 2.05) is 13.0 Å². The first-order chi connectivity index (χ1) is 8.00. The summed E-state index contributed by atoms with van der Waals surface area (Å²) >= 11 is 12.0. The van der Waals surface area contributed by atoms with Gasteiger partial charge in [-0.3, -0.25) is 4.79 Å². The van der Waals surface area contributed by atoms with Crippen LogP contribution in [0.3, 0.4) is 0 Å². The first kappa shape index (κ1) is 14.3. The Labute approximate surface area is 111 Å². The molecule has 0 heterocycles. The summed E-state index contributed by atoms with van der Waals surface area (Å²) in [5, 5.41) is 4.62. The smallest absolute Gasteiger partial charge is 0.217 e. The van der Waals surface area contributed by atoms with Gasteiger partial charge < -0.3 is 11.1 Å². The third-order valence-corrected chi connectivity index (χ3v) is 3.05. The molecule has 1 unspecified atom stereocenters. The van der Waals surface area contributed by atoms with Crippen LogP contribution in [-0.2, 0) is 4.79 Å². The van der Waals surface area contributed by atoms with E-state index in [9.17, 15) is 4.79 Å². The van der Waals surface area contributed by atoms with Crippen molar-refractivity contribution < 1.29 is 4.79 Å². The second-order valence-electron chi connectivity index (χ2n) is 3.91. The molecule has 5 heteroatoms. The summed E-state index contributed by atoms with van der Waals surface area (Å²) in [5.74, 6) is -0.278. The zero-order chi connectivity index (χ0) is 12.8. The van der Waals surface area contributed by atoms with E-state index in [4.69, 9.17) is 28.9 Å². The molecule has 0 saturated heterocycles. The molecule has 3 N–H and O–H groups in total. The Hall–Kier alpha value is -0.770. The molecular formula is C12H16Cl2N2O. The zero-order valence-electron chi connectivity index (χ0n) is 9.67. The van der Waals surface area contributed by atoms with E-state index in [0.29, 0.717) is 23.0 Å². The monoisotopic (exact) mass is 274 g/mol. The summed E-state index contributed by atoms with van der Waals surface area (Å²) in [4.78, 5) is 10.6. The summed E-state index contributed by atoms with van der Waals surface area (Å²) in [7, 11) is 0. The Morgan fingerprint density at radius 1 is 1.47 bits per heavy atom. The fourth-order valence-electron chi connectivity index (χ4n) is 1.54. The molecule has 0 aliphatic carbocycles. The second kappa shape index (κ2) is 6.84. The Bertz CT molecular complexity index is 396. The maximum atomic E-state index is 10.6. The number of hydrogen-bond acceptors (Lipinski definition) is 2. The molecule has 1 aromatic carbocycles. The van der Waals surface area contributed by atoms with Crippen LogP contribution < -0.4 is 11.1 Å². The highest BCUT2D eigenvalue weighted by Gasteiger charge is 2.09. The number of rotatable bonds is 6. The Morgan fingerprint density at radius 2 is 2.18 bits per heavy atom. The lowest BCUT2D eigenvalue weighted by molar-refractivity contribution is -0.118. The van der Waals surface area contributed by atoms with Gasteiger partial charge in [-0.15, -0.1) is 0 Å². The Balaban J connectivity index is 2.49. The summed E-state index contributed by atoms with van der Waals surface area (Å²) < 4.78 is 0. The third-order valence-electron chi connectivity index (χ3n) is 2.48. The average molecular weight is 275 g/mol. The number of amides is 1. The highest BCUT2D eigenvalue weighted by Crippen LogP contribution is 2.25. The number of nitrogens with two attached hydrogens (primary N) is 1. The highest BCUT2D eigenvalue weighted by molar-refractivity contribution is 6.33. The summed E-state index contributed by atoms with van der Waals surface area (Å²) in [6.07, 6.45) is 1.11. The molecule has 1 rings (SSSR count). The average Bonchev–Trinajstić information content (AvgIpc) is 2.27. The molecule has 1 amide bonds. The first-order valence-electron chi connectivity index (χ1n) is 5.47. The number of benzene rings is 1. The van der Waals surface area contributed by atoms with Crippen LogP contribution in [0, 0.1) is 0 Å². The van der Waals surface area contributed by atoms with Crippen LogP contribution in [0.25, 0.3) is 0 Å². The van der Waals surface area contributed by atoms with Crippen molar-refractivity contribution in [2.75, 3.05) is 6.54 Å². The van der Waals surface area contributed by atoms with Gasteiger partial charge in [0.25, 0.3) is 0 Å². The Kier molecular flexibility index (Phi) is 5.75. The number of hydrogen-bond donors (Lipinski definition) is 2. The molecule has 0 aliphatic rings. The molecule has 0 fully saturated rings. The van der Waals surface area contributed by atoms with Crippen LogP contribution in [-0.4, -0.2) is 12.5 Å². The van der Waals surface area contributed by atoms with Crippen molar-refractivity contribution in [3.05, 3.63) is 33.8 Å². The fourth-order valence-corrected chi connectivity index (χ4v) is 2.00. The fraction of sp³-hybridized carbons (Fsp3) is 0.417. The van der Waals surface area contributed by atoms with Crippen molar-refractivity contribution in [3.63, 3.8) is 0 Å². The van der Waals surface area contributed by atoms with E-state index in [2.05, 4.69) is 5.32 Å². The molecule has 0 saturated carbocycles. The van der Waals surface area contributed by atoms with E-state index in [1.54, 1.807) is 12.1 Å². The summed E-state index contributed by atoms with van der Waals surface area (Å²) in [6.45, 7) is 2.72. The molecule has 0 aromatic heterocycles. The van der Waals surface area contributed by atoms with Crippen molar-refractivity contribution in [2.24, 2.45) is 5.73 Å². The van der Waals surface area contributed by atoms with Gasteiger partial charge in [0.05, 0.1) is 0 Å². The third kappa shape index (κ3) is 4.94. The van der Waals surface area contributed by atoms with Crippen LogP contribution in [0.2, 0.25) is 10.0 Å². The maximum Gasteiger partial charge on any atom is 0.217 e. The molecule has 0 aliphatic heterocycles. The van der Waals surface area contributed by atoms with Gasteiger partial charge in [-0.05, 0) is 43.7 Å². The molecule has 0 spiro atoms. The SMILES string of the molecule is CC(NCCCC(N)=O)c1cc(Cl)ccc1Cl. The minimum absolute atomic E-state index is 0.0917. The quantitative estimate of drug-likeness (QED) is 0.784. The summed E-state index contributed by atoms with van der Waals surface area (Å²) in [5.41, 5.74) is 6.02. The molecular weight excluding hydrogens is 259 g/mol. The zero-order valence-corrected chi connectivity index (χ0v) is 11.2. The van der Waals surface area contributed by atoms with Crippen LogP contribution in [0.5, 0.6) is 0 Å². The van der Waals surface area contributed by atoms with E-state index in [1.165, 1.54) is 0 Å². The molecule has 0 bridgehead atoms. The van der Waals surface area contributed by atoms with E-state index in [-0.39, 0.29) is 11.9 Å². The van der Waals surface area contributed by atoms with Crippen LogP contribution in [0.4, 0.5) is 0 Å². The lowest BCUT2D eigenvalue weighted by atomic mass is 10.1. The van der Waals surface area contributed by atoms with E-state index in [0.717, 1.165) is 12.0 Å². The molecule has 17 heavy (non-hydrogen) atoms. The molecule has 0 radical (unpaired) electrons. The van der Waals surface area contributed by atoms with Gasteiger partial charge in [-0.2, -0.15) is 0 Å². The largest absolute Gasteiger partial charge is 0.370 e. The van der Waals surface area contributed by atoms with Crippen molar-refractivity contribution in [1.82, 2.24) is 5.32 Å². The summed E-state index contributed by atoms with van der Waals surface area (Å²) in [6, 6.07) is 5.47. The number of carbonyl (C=O) groups excluding carboxylic acids is 1. The lowest BCUT2D eigenvalue weighted by Gasteiger charge is -2.15. The number of primary amides is 1. The van der Waals surface area contributed by atoms with Gasteiger partial charge in [-0.1, -0.05) is 23.2 Å². The van der Waals surface area contributed by atoms with Gasteiger partial charge in [0.15, 0.2) is 0 Å². The molecule has 94 valence electrons. The molecule has 3 nitrogen and oxygen atoms in total. The van der Waals surface area contributed by atoms with E-state index >= 15 is 0 Å². The predicted octanol–water partition coefficient (Wildman–Crippen LogP) is 2.91. The lowest BCUT2D eigenvalue weighted by Crippen LogP contribution is -2.22. The minimum Gasteiger partial charge on any atom is -0.370 e. The standard InChI is InChI=1S/C12H16Cl2N2O/c1-8(16-6-2-3-12(15)17)10-7-9(13)4-5-11(10)14/h4-5,7-8,16H,2-3,6H2,1H3,(H2,15,17). The number of carbonyl (C=O) groups is 1. The second-order valence-corrected chi connectivity index (χ2v) is 4.76. The van der Waals surface area contributed by atoms with Gasteiger partial charge in [0.2, 0.25) is 5.91 Å². The molecule has 1 aromatic rings. The minimum atomic E-state index is -0.278. The maximum absolute atomic E-state index is 10.6. The van der Waals surface area contributed by atoms with E-state index < -0.39 is 0 Å². The molecule has 1 atom stereocenters.